The van der Waals surface area contributed by atoms with Gasteiger partial charge in [0.2, 0.25) is 5.36 Å². The molecule has 1 aliphatic carbocycles. The summed E-state index contributed by atoms with van der Waals surface area (Å²) < 4.78 is 6.18. The topological polar surface area (TPSA) is 110 Å². The molecule has 0 saturated heterocycles. The summed E-state index contributed by atoms with van der Waals surface area (Å²) >= 11 is 0. The number of anilines is 1. The molecule has 4 rings (SSSR count). The van der Waals surface area contributed by atoms with Crippen molar-refractivity contribution in [1.82, 2.24) is 10.4 Å². The number of nitrogen functional groups attached to an aromatic ring is 1. The summed E-state index contributed by atoms with van der Waals surface area (Å²) in [4.78, 5) is 19.5. The number of nitrogens with one attached hydrogen (secondary N) is 1. The number of carbonyl (C=O) groups is 1. The predicted octanol–water partition coefficient (Wildman–Crippen LogP) is -1.80. The van der Waals surface area contributed by atoms with Crippen LogP contribution in [0.5, 0.6) is 0 Å². The van der Waals surface area contributed by atoms with Gasteiger partial charge in [0.1, 0.15) is 11.2 Å². The highest BCUT2D eigenvalue weighted by Crippen LogP contribution is 2.33. The maximum atomic E-state index is 12.5. The predicted molar refractivity (Wildman–Crippen MR) is 108 cm³/mol. The van der Waals surface area contributed by atoms with Crippen LogP contribution >= 0.6 is 0 Å². The standard InChI is InChI=1S/C21H21N5O2.ClH/c1-3-26(4-2)12-9-10-15-16(11-12)28-20-17(21(27)25-23)18(22)13-7-5-6-8-14(13)19(20)24-15;/h5-11,22H,3-4,23H2,1-2H3,(H,25,27);1H. The highest BCUT2D eigenvalue weighted by molar-refractivity contribution is 6.07. The minimum absolute atomic E-state index is 0. The molecule has 150 valence electrons. The van der Waals surface area contributed by atoms with Crippen molar-refractivity contribution in [3.8, 4) is 11.5 Å². The first kappa shape index (κ1) is 20.6. The number of nitrogens with zero attached hydrogens (tertiary/aromatic N) is 2. The Balaban J connectivity index is 0.00000240. The highest BCUT2D eigenvalue weighted by atomic mass is 35.5. The van der Waals surface area contributed by atoms with Crippen molar-refractivity contribution in [2.45, 2.75) is 13.8 Å². The van der Waals surface area contributed by atoms with Crippen LogP contribution in [-0.4, -0.2) is 24.0 Å². The summed E-state index contributed by atoms with van der Waals surface area (Å²) in [5.74, 6) is 5.20. The quantitative estimate of drug-likeness (QED) is 0.121. The van der Waals surface area contributed by atoms with Crippen LogP contribution in [-0.2, 0) is 0 Å². The maximum Gasteiger partial charge on any atom is 0.275 e. The van der Waals surface area contributed by atoms with Gasteiger partial charge in [-0.3, -0.25) is 15.6 Å². The van der Waals surface area contributed by atoms with Crippen LogP contribution < -0.4 is 39.3 Å². The third kappa shape index (κ3) is 3.28. The second kappa shape index (κ2) is 8.06. The number of hydrogen-bond acceptors (Lipinski definition) is 5. The van der Waals surface area contributed by atoms with Gasteiger partial charge in [-0.15, -0.1) is 0 Å². The van der Waals surface area contributed by atoms with Gasteiger partial charge >= 0.3 is 0 Å². The molecule has 0 bridgehead atoms. The Morgan fingerprint density at radius 1 is 1.17 bits per heavy atom. The molecule has 0 saturated carbocycles. The fraction of sp³-hybridized carbons (Fsp3) is 0.190. The lowest BCUT2D eigenvalue weighted by Crippen LogP contribution is -3.00. The Labute approximate surface area is 173 Å². The van der Waals surface area contributed by atoms with Crippen LogP contribution in [0.15, 0.2) is 46.9 Å². The summed E-state index contributed by atoms with van der Waals surface area (Å²) in [6, 6.07) is 13.4. The average molecular weight is 412 g/mol. The monoisotopic (exact) mass is 411 g/mol. The SMILES string of the molecule is CCN(CC)c1ccc2nc3c4ccccc4c(=[NH2+])c(C(=O)NN)c-3oc2c1.[Cl-]. The van der Waals surface area contributed by atoms with Crippen LogP contribution in [0.2, 0.25) is 0 Å². The Bertz CT molecular complexity index is 1230. The number of halogens is 1. The molecule has 1 amide bonds. The second-order valence-electron chi connectivity index (χ2n) is 6.52. The lowest BCUT2D eigenvalue weighted by Gasteiger charge is -2.21. The first-order chi connectivity index (χ1) is 13.6. The zero-order chi connectivity index (χ0) is 19.8. The molecule has 2 aromatic rings. The number of aromatic nitrogens is 1. The Kier molecular flexibility index (Phi) is 5.72. The number of hydrazine groups is 1. The summed E-state index contributed by atoms with van der Waals surface area (Å²) in [7, 11) is 0. The fourth-order valence-corrected chi connectivity index (χ4v) is 3.62. The Morgan fingerprint density at radius 3 is 2.52 bits per heavy atom. The molecular weight excluding hydrogens is 390 g/mol. The van der Waals surface area contributed by atoms with Gasteiger partial charge in [0, 0.05) is 30.2 Å². The van der Waals surface area contributed by atoms with E-state index in [1.54, 1.807) is 0 Å². The number of amides is 1. The van der Waals surface area contributed by atoms with Gasteiger partial charge in [-0.05, 0) is 32.0 Å². The largest absolute Gasteiger partial charge is 1.00 e. The van der Waals surface area contributed by atoms with E-state index in [2.05, 4.69) is 24.2 Å². The van der Waals surface area contributed by atoms with E-state index in [0.29, 0.717) is 27.9 Å². The minimum atomic E-state index is -0.516. The van der Waals surface area contributed by atoms with Gasteiger partial charge in [-0.2, -0.15) is 0 Å². The zero-order valence-corrected chi connectivity index (χ0v) is 17.0. The summed E-state index contributed by atoms with van der Waals surface area (Å²) in [5.41, 5.74) is 5.24. The van der Waals surface area contributed by atoms with Gasteiger partial charge < -0.3 is 21.7 Å². The fourth-order valence-electron chi connectivity index (χ4n) is 3.62. The third-order valence-corrected chi connectivity index (χ3v) is 5.06. The number of rotatable bonds is 4. The van der Waals surface area contributed by atoms with E-state index in [1.807, 2.05) is 42.5 Å². The molecule has 0 spiro atoms. The number of nitrogens with two attached hydrogens (primary N) is 2. The molecule has 0 atom stereocenters. The highest BCUT2D eigenvalue weighted by Gasteiger charge is 2.27. The molecular formula is C21H22ClN5O2. The second-order valence-corrected chi connectivity index (χ2v) is 6.52. The van der Waals surface area contributed by atoms with Crippen LogP contribution in [0.3, 0.4) is 0 Å². The lowest BCUT2D eigenvalue weighted by atomic mass is 9.98. The van der Waals surface area contributed by atoms with E-state index < -0.39 is 5.91 Å². The molecule has 0 radical (unpaired) electrons. The smallest absolute Gasteiger partial charge is 0.275 e. The Morgan fingerprint density at radius 2 is 1.86 bits per heavy atom. The van der Waals surface area contributed by atoms with Crippen molar-refractivity contribution in [2.75, 3.05) is 18.0 Å². The molecule has 29 heavy (non-hydrogen) atoms. The summed E-state index contributed by atoms with van der Waals surface area (Å²) in [6.45, 7) is 5.95. The van der Waals surface area contributed by atoms with E-state index in [9.17, 15) is 4.79 Å². The van der Waals surface area contributed by atoms with E-state index in [1.165, 1.54) is 0 Å². The van der Waals surface area contributed by atoms with Gasteiger partial charge in [0.05, 0.1) is 5.39 Å². The van der Waals surface area contributed by atoms with E-state index in [-0.39, 0.29) is 18.0 Å². The number of fused-ring (bicyclic) bond motifs is 4. The van der Waals surface area contributed by atoms with Crippen LogP contribution in [0.25, 0.3) is 33.3 Å². The minimum Gasteiger partial charge on any atom is -1.00 e. The molecule has 2 aliphatic rings. The van der Waals surface area contributed by atoms with Gasteiger partial charge in [0.15, 0.2) is 16.9 Å². The summed E-state index contributed by atoms with van der Waals surface area (Å²) in [5, 5.41) is 8.18. The van der Waals surface area contributed by atoms with Crippen molar-refractivity contribution in [3.63, 3.8) is 0 Å². The maximum absolute atomic E-state index is 12.5. The third-order valence-electron chi connectivity index (χ3n) is 5.06. The molecule has 0 unspecified atom stereocenters. The van der Waals surface area contributed by atoms with E-state index in [0.717, 1.165) is 29.5 Å². The van der Waals surface area contributed by atoms with Crippen LogP contribution in [0.4, 0.5) is 5.69 Å². The summed E-state index contributed by atoms with van der Waals surface area (Å²) in [6.07, 6.45) is 0. The molecule has 1 heterocycles. The molecule has 2 aromatic carbocycles. The molecule has 8 heteroatoms. The molecule has 1 aliphatic heterocycles. The van der Waals surface area contributed by atoms with Crippen LogP contribution in [0, 0.1) is 0 Å². The van der Waals surface area contributed by atoms with Crippen molar-refractivity contribution >= 4 is 33.5 Å². The molecule has 0 fully saturated rings. The first-order valence-corrected chi connectivity index (χ1v) is 9.22. The molecule has 0 aromatic heterocycles. The van der Waals surface area contributed by atoms with E-state index in [4.69, 9.17) is 20.7 Å². The average Bonchev–Trinajstić information content (AvgIpc) is 2.73. The van der Waals surface area contributed by atoms with Gasteiger partial charge in [-0.1, -0.05) is 18.2 Å². The molecule has 7 nitrogen and oxygen atoms in total. The number of benzene rings is 3. The van der Waals surface area contributed by atoms with Crippen molar-refractivity contribution in [2.24, 2.45) is 5.84 Å². The molecule has 5 N–H and O–H groups in total. The van der Waals surface area contributed by atoms with E-state index >= 15 is 0 Å². The Hall–Kier alpha value is -3.16. The number of carbonyl (C=O) groups excluding carboxylic acids is 1. The number of hydrogen-bond donors (Lipinski definition) is 3. The van der Waals surface area contributed by atoms with Crippen molar-refractivity contribution < 1.29 is 27.0 Å². The zero-order valence-electron chi connectivity index (χ0n) is 16.2. The van der Waals surface area contributed by atoms with Gasteiger partial charge in [-0.25, -0.2) is 10.8 Å². The van der Waals surface area contributed by atoms with Crippen molar-refractivity contribution in [1.29, 1.82) is 0 Å². The van der Waals surface area contributed by atoms with Gasteiger partial charge in [0.25, 0.3) is 5.91 Å². The normalized spacial score (nSPS) is 10.9. The first-order valence-electron chi connectivity index (χ1n) is 9.22. The van der Waals surface area contributed by atoms with Crippen molar-refractivity contribution in [3.05, 3.63) is 53.4 Å². The van der Waals surface area contributed by atoms with Crippen LogP contribution in [0.1, 0.15) is 24.2 Å². The lowest BCUT2D eigenvalue weighted by molar-refractivity contribution is -0.170.